The van der Waals surface area contributed by atoms with E-state index >= 15 is 0 Å². The predicted octanol–water partition coefficient (Wildman–Crippen LogP) is 1.43. The summed E-state index contributed by atoms with van der Waals surface area (Å²) in [6.45, 7) is 3.59. The number of hydrogen-bond acceptors (Lipinski definition) is 4. The molecule has 7 heteroatoms. The third-order valence-electron chi connectivity index (χ3n) is 4.04. The van der Waals surface area contributed by atoms with Crippen LogP contribution in [0.3, 0.4) is 0 Å². The molecule has 1 saturated heterocycles. The van der Waals surface area contributed by atoms with E-state index in [1.165, 1.54) is 0 Å². The minimum atomic E-state index is -0.731. The van der Waals surface area contributed by atoms with Crippen molar-refractivity contribution >= 4 is 17.9 Å². The van der Waals surface area contributed by atoms with E-state index in [2.05, 4.69) is 10.6 Å². The fourth-order valence-electron chi connectivity index (χ4n) is 2.58. The molecular weight excluding hydrogens is 322 g/mol. The van der Waals surface area contributed by atoms with Crippen molar-refractivity contribution in [2.45, 2.75) is 38.8 Å². The number of carbonyl (C=O) groups is 3. The van der Waals surface area contributed by atoms with E-state index in [-0.39, 0.29) is 31.4 Å². The van der Waals surface area contributed by atoms with E-state index in [1.807, 2.05) is 35.2 Å². The van der Waals surface area contributed by atoms with Gasteiger partial charge < -0.3 is 20.3 Å². The first-order valence-electron chi connectivity index (χ1n) is 8.59. The number of hydrogen-bond donors (Lipinski definition) is 2. The first-order valence-corrected chi connectivity index (χ1v) is 8.59. The molecule has 3 amide bonds. The molecule has 0 aliphatic carbocycles. The van der Waals surface area contributed by atoms with Crippen LogP contribution in [0.25, 0.3) is 0 Å². The van der Waals surface area contributed by atoms with Crippen LogP contribution in [0, 0.1) is 0 Å². The number of amides is 3. The zero-order valence-electron chi connectivity index (χ0n) is 14.5. The molecule has 0 unspecified atom stereocenters. The van der Waals surface area contributed by atoms with Crippen molar-refractivity contribution in [3.05, 3.63) is 35.9 Å². The van der Waals surface area contributed by atoms with E-state index < -0.39 is 12.1 Å². The van der Waals surface area contributed by atoms with E-state index in [0.29, 0.717) is 0 Å². The molecule has 7 nitrogen and oxygen atoms in total. The molecule has 25 heavy (non-hydrogen) atoms. The Balaban J connectivity index is 1.62. The van der Waals surface area contributed by atoms with Crippen molar-refractivity contribution in [1.29, 1.82) is 0 Å². The summed E-state index contributed by atoms with van der Waals surface area (Å²) in [4.78, 5) is 37.4. The third-order valence-corrected chi connectivity index (χ3v) is 4.04. The maximum absolute atomic E-state index is 11.9. The van der Waals surface area contributed by atoms with Gasteiger partial charge in [0.2, 0.25) is 11.8 Å². The summed E-state index contributed by atoms with van der Waals surface area (Å²) < 4.78 is 5.07. The van der Waals surface area contributed by atoms with Crippen LogP contribution in [0.5, 0.6) is 0 Å². The number of carbonyl (C=O) groups excluding carboxylic acids is 3. The molecule has 1 aromatic carbocycles. The lowest BCUT2D eigenvalue weighted by Crippen LogP contribution is -2.45. The Labute approximate surface area is 147 Å². The van der Waals surface area contributed by atoms with Crippen LogP contribution in [-0.4, -0.2) is 48.5 Å². The third kappa shape index (κ3) is 6.45. The number of likely N-dealkylation sites (tertiary alicyclic amines) is 1. The van der Waals surface area contributed by atoms with Crippen molar-refractivity contribution in [2.75, 3.05) is 19.6 Å². The quantitative estimate of drug-likeness (QED) is 0.781. The average molecular weight is 347 g/mol. The SMILES string of the molecule is C[C@H](NC(=O)OCc1ccccc1)C(=O)NCCC(=O)N1CCCC1. The van der Waals surface area contributed by atoms with Crippen LogP contribution in [-0.2, 0) is 20.9 Å². The minimum Gasteiger partial charge on any atom is -0.445 e. The Morgan fingerprint density at radius 1 is 1.16 bits per heavy atom. The lowest BCUT2D eigenvalue weighted by atomic mass is 10.2. The van der Waals surface area contributed by atoms with Crippen LogP contribution in [0.2, 0.25) is 0 Å². The van der Waals surface area contributed by atoms with E-state index in [9.17, 15) is 14.4 Å². The average Bonchev–Trinajstić information content (AvgIpc) is 3.15. The number of ether oxygens (including phenoxy) is 1. The van der Waals surface area contributed by atoms with Gasteiger partial charge in [-0.3, -0.25) is 9.59 Å². The van der Waals surface area contributed by atoms with E-state index in [1.54, 1.807) is 6.92 Å². The zero-order valence-corrected chi connectivity index (χ0v) is 14.5. The minimum absolute atomic E-state index is 0.0562. The second kappa shape index (κ2) is 9.66. The summed E-state index contributed by atoms with van der Waals surface area (Å²) in [6, 6.07) is 8.56. The smallest absolute Gasteiger partial charge is 0.408 e. The number of alkyl carbamates (subject to hydrolysis) is 1. The molecule has 0 saturated carbocycles. The molecule has 1 fully saturated rings. The Hall–Kier alpha value is -2.57. The monoisotopic (exact) mass is 347 g/mol. The Morgan fingerprint density at radius 3 is 2.52 bits per heavy atom. The van der Waals surface area contributed by atoms with Gasteiger partial charge >= 0.3 is 6.09 Å². The maximum atomic E-state index is 11.9. The van der Waals surface area contributed by atoms with Crippen molar-refractivity contribution in [2.24, 2.45) is 0 Å². The van der Waals surface area contributed by atoms with Gasteiger partial charge in [-0.2, -0.15) is 0 Å². The van der Waals surface area contributed by atoms with E-state index in [4.69, 9.17) is 4.74 Å². The highest BCUT2D eigenvalue weighted by atomic mass is 16.5. The topological polar surface area (TPSA) is 87.7 Å². The molecule has 1 heterocycles. The molecule has 1 aliphatic heterocycles. The van der Waals surface area contributed by atoms with Gasteiger partial charge in [0.15, 0.2) is 0 Å². The first kappa shape index (κ1) is 18.8. The zero-order chi connectivity index (χ0) is 18.1. The molecule has 2 N–H and O–H groups in total. The summed E-state index contributed by atoms with van der Waals surface area (Å²) >= 11 is 0. The number of benzene rings is 1. The highest BCUT2D eigenvalue weighted by Crippen LogP contribution is 2.08. The summed E-state index contributed by atoms with van der Waals surface area (Å²) in [5, 5.41) is 5.13. The summed E-state index contributed by atoms with van der Waals surface area (Å²) in [6.07, 6.45) is 1.71. The van der Waals surface area contributed by atoms with Gasteiger partial charge in [0.25, 0.3) is 0 Å². The molecule has 1 aromatic rings. The van der Waals surface area contributed by atoms with Gasteiger partial charge in [-0.15, -0.1) is 0 Å². The molecule has 1 aliphatic rings. The second-order valence-corrected chi connectivity index (χ2v) is 6.06. The van der Waals surface area contributed by atoms with Gasteiger partial charge in [0.1, 0.15) is 12.6 Å². The summed E-state index contributed by atoms with van der Waals surface area (Å²) in [5.74, 6) is -0.286. The van der Waals surface area contributed by atoms with Crippen LogP contribution in [0.15, 0.2) is 30.3 Å². The number of rotatable bonds is 7. The molecule has 2 rings (SSSR count). The van der Waals surface area contributed by atoms with Gasteiger partial charge in [-0.25, -0.2) is 4.79 Å². The molecule has 0 spiro atoms. The molecular formula is C18H25N3O4. The Kier molecular flexibility index (Phi) is 7.25. The van der Waals surface area contributed by atoms with Crippen LogP contribution in [0.4, 0.5) is 4.79 Å². The molecule has 1 atom stereocenters. The normalized spacial score (nSPS) is 14.7. The van der Waals surface area contributed by atoms with Crippen molar-refractivity contribution in [1.82, 2.24) is 15.5 Å². The van der Waals surface area contributed by atoms with Crippen LogP contribution < -0.4 is 10.6 Å². The maximum Gasteiger partial charge on any atom is 0.408 e. The fourth-order valence-corrected chi connectivity index (χ4v) is 2.58. The number of nitrogens with zero attached hydrogens (tertiary/aromatic N) is 1. The standard InChI is InChI=1S/C18H25N3O4/c1-14(20-18(24)25-13-15-7-3-2-4-8-15)17(23)19-10-9-16(22)21-11-5-6-12-21/h2-4,7-8,14H,5-6,9-13H2,1H3,(H,19,23)(H,20,24)/t14-/m0/s1. The Morgan fingerprint density at radius 2 is 1.84 bits per heavy atom. The van der Waals surface area contributed by atoms with Crippen molar-refractivity contribution < 1.29 is 19.1 Å². The summed E-state index contributed by atoms with van der Waals surface area (Å²) in [7, 11) is 0. The lowest BCUT2D eigenvalue weighted by molar-refractivity contribution is -0.130. The molecule has 136 valence electrons. The van der Waals surface area contributed by atoms with Crippen molar-refractivity contribution in [3.8, 4) is 0 Å². The molecule has 0 aromatic heterocycles. The van der Waals surface area contributed by atoms with Gasteiger partial charge in [0.05, 0.1) is 0 Å². The van der Waals surface area contributed by atoms with Gasteiger partial charge in [-0.1, -0.05) is 30.3 Å². The molecule has 0 radical (unpaired) electrons. The Bertz CT molecular complexity index is 585. The predicted molar refractivity (Wildman–Crippen MR) is 92.7 cm³/mol. The lowest BCUT2D eigenvalue weighted by Gasteiger charge is -2.17. The van der Waals surface area contributed by atoms with E-state index in [0.717, 1.165) is 31.5 Å². The fraction of sp³-hybridized carbons (Fsp3) is 0.500. The molecule has 0 bridgehead atoms. The van der Waals surface area contributed by atoms with Crippen LogP contribution in [0.1, 0.15) is 31.7 Å². The highest BCUT2D eigenvalue weighted by Gasteiger charge is 2.19. The van der Waals surface area contributed by atoms with Gasteiger partial charge in [-0.05, 0) is 25.3 Å². The largest absolute Gasteiger partial charge is 0.445 e. The highest BCUT2D eigenvalue weighted by molar-refractivity contribution is 5.85. The summed E-state index contributed by atoms with van der Waals surface area (Å²) in [5.41, 5.74) is 0.871. The first-order chi connectivity index (χ1) is 12.1. The van der Waals surface area contributed by atoms with Crippen LogP contribution >= 0.6 is 0 Å². The second-order valence-electron chi connectivity index (χ2n) is 6.06. The van der Waals surface area contributed by atoms with Crippen molar-refractivity contribution in [3.63, 3.8) is 0 Å². The van der Waals surface area contributed by atoms with Gasteiger partial charge in [0, 0.05) is 26.1 Å². The number of nitrogens with one attached hydrogen (secondary N) is 2.